The number of nitrogens with one attached hydrogen (secondary N) is 1. The standard InChI is InChI=1S/C26H27BrN2O4/c1-4-18(2)33-24-22(27)15-19(16-23(24)32-3)17-28-29-25(30)26(31,20-11-7-5-8-12-20)21-13-9-6-10-14-21/h5-18,31H,4H2,1-3H3,(H,29,30)/b28-17-/t18-/m1/s1. The molecule has 0 unspecified atom stereocenters. The van der Waals surface area contributed by atoms with E-state index in [2.05, 4.69) is 26.5 Å². The van der Waals surface area contributed by atoms with Crippen LogP contribution < -0.4 is 14.9 Å². The second kappa shape index (κ2) is 11.1. The number of hydrazone groups is 1. The van der Waals surface area contributed by atoms with Crippen LogP contribution in [0.1, 0.15) is 37.0 Å². The third kappa shape index (κ3) is 5.61. The largest absolute Gasteiger partial charge is 0.493 e. The number of carbonyl (C=O) groups excluding carboxylic acids is 1. The normalized spacial score (nSPS) is 12.4. The molecule has 3 rings (SSSR count). The first-order chi connectivity index (χ1) is 15.9. The predicted octanol–water partition coefficient (Wildman–Crippen LogP) is 5.02. The van der Waals surface area contributed by atoms with E-state index in [0.717, 1.165) is 6.42 Å². The molecule has 6 nitrogen and oxygen atoms in total. The highest BCUT2D eigenvalue weighted by atomic mass is 79.9. The third-order valence-corrected chi connectivity index (χ3v) is 5.83. The quantitative estimate of drug-likeness (QED) is 0.312. The summed E-state index contributed by atoms with van der Waals surface area (Å²) in [5.74, 6) is 0.483. The van der Waals surface area contributed by atoms with Gasteiger partial charge < -0.3 is 14.6 Å². The summed E-state index contributed by atoms with van der Waals surface area (Å²) in [5.41, 5.74) is 2.15. The smallest absolute Gasteiger partial charge is 0.281 e. The van der Waals surface area contributed by atoms with Gasteiger partial charge in [-0.25, -0.2) is 5.43 Å². The van der Waals surface area contributed by atoms with Crippen molar-refractivity contribution in [3.63, 3.8) is 0 Å². The van der Waals surface area contributed by atoms with Crippen LogP contribution in [0, 0.1) is 0 Å². The molecule has 3 aromatic rings. The minimum atomic E-state index is -1.90. The van der Waals surface area contributed by atoms with E-state index in [4.69, 9.17) is 9.47 Å². The van der Waals surface area contributed by atoms with E-state index in [1.807, 2.05) is 32.0 Å². The minimum Gasteiger partial charge on any atom is -0.493 e. The van der Waals surface area contributed by atoms with Crippen LogP contribution in [0.4, 0.5) is 0 Å². The van der Waals surface area contributed by atoms with E-state index in [1.54, 1.807) is 61.7 Å². The van der Waals surface area contributed by atoms with E-state index < -0.39 is 11.5 Å². The Morgan fingerprint density at radius 2 is 1.70 bits per heavy atom. The van der Waals surface area contributed by atoms with Gasteiger partial charge in [-0.1, -0.05) is 67.6 Å². The average Bonchev–Trinajstić information content (AvgIpc) is 2.85. The zero-order valence-electron chi connectivity index (χ0n) is 18.8. The molecule has 0 bridgehead atoms. The molecular weight excluding hydrogens is 484 g/mol. The Labute approximate surface area is 202 Å². The second-order valence-electron chi connectivity index (χ2n) is 7.51. The predicted molar refractivity (Wildman–Crippen MR) is 133 cm³/mol. The van der Waals surface area contributed by atoms with Crippen LogP contribution in [0.2, 0.25) is 0 Å². The van der Waals surface area contributed by atoms with Crippen molar-refractivity contribution in [2.75, 3.05) is 7.11 Å². The van der Waals surface area contributed by atoms with Gasteiger partial charge in [-0.05, 0) is 58.1 Å². The molecule has 7 heteroatoms. The molecule has 1 atom stereocenters. The van der Waals surface area contributed by atoms with Crippen molar-refractivity contribution in [1.29, 1.82) is 0 Å². The highest BCUT2D eigenvalue weighted by molar-refractivity contribution is 9.10. The van der Waals surface area contributed by atoms with Crippen molar-refractivity contribution in [3.8, 4) is 11.5 Å². The molecule has 0 aliphatic rings. The molecule has 0 radical (unpaired) electrons. The molecular formula is C26H27BrN2O4. The highest BCUT2D eigenvalue weighted by Crippen LogP contribution is 2.37. The monoisotopic (exact) mass is 510 g/mol. The molecule has 0 heterocycles. The van der Waals surface area contributed by atoms with Gasteiger partial charge in [0.1, 0.15) is 0 Å². The van der Waals surface area contributed by atoms with Gasteiger partial charge in [0, 0.05) is 0 Å². The average molecular weight is 511 g/mol. The summed E-state index contributed by atoms with van der Waals surface area (Å²) in [6.07, 6.45) is 2.37. The first-order valence-corrected chi connectivity index (χ1v) is 11.4. The zero-order chi connectivity index (χ0) is 23.8. The lowest BCUT2D eigenvalue weighted by Crippen LogP contribution is -2.43. The second-order valence-corrected chi connectivity index (χ2v) is 8.37. The maximum atomic E-state index is 13.1. The van der Waals surface area contributed by atoms with Crippen molar-refractivity contribution in [3.05, 3.63) is 94.0 Å². The summed E-state index contributed by atoms with van der Waals surface area (Å²) < 4.78 is 12.1. The number of aliphatic hydroxyl groups is 1. The van der Waals surface area contributed by atoms with Crippen molar-refractivity contribution in [1.82, 2.24) is 5.43 Å². The summed E-state index contributed by atoms with van der Waals surface area (Å²) in [6.45, 7) is 4.03. The Hall–Kier alpha value is -3.16. The number of nitrogens with zero attached hydrogens (tertiary/aromatic N) is 1. The van der Waals surface area contributed by atoms with Gasteiger partial charge in [-0.2, -0.15) is 5.10 Å². The molecule has 0 spiro atoms. The van der Waals surface area contributed by atoms with Gasteiger partial charge in [0.15, 0.2) is 17.1 Å². The van der Waals surface area contributed by atoms with E-state index in [0.29, 0.717) is 32.7 Å². The molecule has 0 saturated carbocycles. The third-order valence-electron chi connectivity index (χ3n) is 5.24. The maximum Gasteiger partial charge on any atom is 0.281 e. The topological polar surface area (TPSA) is 80.2 Å². The molecule has 1 amide bonds. The maximum absolute atomic E-state index is 13.1. The van der Waals surface area contributed by atoms with E-state index in [1.165, 1.54) is 6.21 Å². The van der Waals surface area contributed by atoms with Crippen LogP contribution >= 0.6 is 15.9 Å². The number of ether oxygens (including phenoxy) is 2. The molecule has 0 aliphatic heterocycles. The first-order valence-electron chi connectivity index (χ1n) is 10.6. The molecule has 2 N–H and O–H groups in total. The Morgan fingerprint density at radius 1 is 1.12 bits per heavy atom. The fourth-order valence-corrected chi connectivity index (χ4v) is 3.80. The molecule has 0 aliphatic carbocycles. The number of halogens is 1. The number of benzene rings is 3. The van der Waals surface area contributed by atoms with Crippen molar-refractivity contribution < 1.29 is 19.4 Å². The summed E-state index contributed by atoms with van der Waals surface area (Å²) in [7, 11) is 1.56. The Morgan fingerprint density at radius 3 is 2.21 bits per heavy atom. The first kappa shape index (κ1) is 24.5. The molecule has 3 aromatic carbocycles. The summed E-state index contributed by atoms with van der Waals surface area (Å²) >= 11 is 3.52. The summed E-state index contributed by atoms with van der Waals surface area (Å²) in [4.78, 5) is 13.1. The zero-order valence-corrected chi connectivity index (χ0v) is 20.4. The Bertz CT molecular complexity index is 1060. The molecule has 0 aromatic heterocycles. The van der Waals surface area contributed by atoms with Gasteiger partial charge in [0.05, 0.1) is 23.9 Å². The number of methoxy groups -OCH3 is 1. The number of amides is 1. The summed E-state index contributed by atoms with van der Waals surface area (Å²) in [5, 5.41) is 15.5. The van der Waals surface area contributed by atoms with Gasteiger partial charge in [0.2, 0.25) is 0 Å². The summed E-state index contributed by atoms with van der Waals surface area (Å²) in [6, 6.07) is 21.1. The SMILES string of the molecule is CC[C@@H](C)Oc1c(Br)cc(/C=N\NC(=O)C(O)(c2ccccc2)c2ccccc2)cc1OC. The van der Waals surface area contributed by atoms with E-state index in [9.17, 15) is 9.90 Å². The van der Waals surface area contributed by atoms with Gasteiger partial charge in [-0.3, -0.25) is 4.79 Å². The Balaban J connectivity index is 1.85. The molecule has 0 fully saturated rings. The lowest BCUT2D eigenvalue weighted by molar-refractivity contribution is -0.136. The van der Waals surface area contributed by atoms with Gasteiger partial charge in [0.25, 0.3) is 5.91 Å². The van der Waals surface area contributed by atoms with Crippen LogP contribution in [0.3, 0.4) is 0 Å². The fraction of sp³-hybridized carbons (Fsp3) is 0.231. The Kier molecular flexibility index (Phi) is 8.25. The molecule has 33 heavy (non-hydrogen) atoms. The van der Waals surface area contributed by atoms with Crippen LogP contribution in [0.25, 0.3) is 0 Å². The van der Waals surface area contributed by atoms with Crippen LogP contribution in [-0.2, 0) is 10.4 Å². The minimum absolute atomic E-state index is 0.0302. The highest BCUT2D eigenvalue weighted by Gasteiger charge is 2.39. The van der Waals surface area contributed by atoms with Gasteiger partial charge in [-0.15, -0.1) is 0 Å². The number of rotatable bonds is 9. The lowest BCUT2D eigenvalue weighted by Gasteiger charge is -2.27. The lowest BCUT2D eigenvalue weighted by atomic mass is 9.85. The molecule has 0 saturated heterocycles. The van der Waals surface area contributed by atoms with Crippen LogP contribution in [0.5, 0.6) is 11.5 Å². The van der Waals surface area contributed by atoms with Crippen molar-refractivity contribution in [2.45, 2.75) is 32.0 Å². The number of carbonyl (C=O) groups is 1. The van der Waals surface area contributed by atoms with Crippen molar-refractivity contribution in [2.24, 2.45) is 5.10 Å². The fourth-order valence-electron chi connectivity index (χ4n) is 3.25. The van der Waals surface area contributed by atoms with Crippen molar-refractivity contribution >= 4 is 28.1 Å². The van der Waals surface area contributed by atoms with Gasteiger partial charge >= 0.3 is 0 Å². The number of hydrogen-bond donors (Lipinski definition) is 2. The molecule has 172 valence electrons. The van der Waals surface area contributed by atoms with Crippen LogP contribution in [-0.4, -0.2) is 30.4 Å². The number of hydrogen-bond acceptors (Lipinski definition) is 5. The van der Waals surface area contributed by atoms with Crippen LogP contribution in [0.15, 0.2) is 82.4 Å². The van der Waals surface area contributed by atoms with E-state index in [-0.39, 0.29) is 6.10 Å². The van der Waals surface area contributed by atoms with E-state index >= 15 is 0 Å².